The standard InChI is InChI=1S/C34H32Cl2N2O3S/c1-24(27-7-3-2-4-8-27)19-37-34(39)30-9-5-6-25(18-30)22-42(40,41)23-26-20-38(21-26)33(28-10-14-31(35)15-11-28)29-12-16-32(36)17-13-29/h2-18,23-24,33H,19-22H2,1H3,(H,37,39). The molecule has 1 aliphatic heterocycles. The first-order valence-electron chi connectivity index (χ1n) is 13.8. The van der Waals surface area contributed by atoms with E-state index < -0.39 is 9.84 Å². The van der Waals surface area contributed by atoms with Crippen LogP contribution in [0.2, 0.25) is 10.0 Å². The van der Waals surface area contributed by atoms with Gasteiger partial charge in [0.2, 0.25) is 0 Å². The van der Waals surface area contributed by atoms with Crippen molar-refractivity contribution in [3.05, 3.63) is 152 Å². The Morgan fingerprint density at radius 2 is 1.43 bits per heavy atom. The van der Waals surface area contributed by atoms with Crippen molar-refractivity contribution in [3.63, 3.8) is 0 Å². The van der Waals surface area contributed by atoms with Gasteiger partial charge in [0.05, 0.1) is 11.8 Å². The molecule has 1 unspecified atom stereocenters. The van der Waals surface area contributed by atoms with Gasteiger partial charge in [0, 0.05) is 40.7 Å². The average molecular weight is 620 g/mol. The summed E-state index contributed by atoms with van der Waals surface area (Å²) in [5.41, 5.74) is 5.14. The smallest absolute Gasteiger partial charge is 0.251 e. The second kappa shape index (κ2) is 13.3. The van der Waals surface area contributed by atoms with Gasteiger partial charge in [-0.3, -0.25) is 9.69 Å². The molecule has 216 valence electrons. The van der Waals surface area contributed by atoms with Gasteiger partial charge in [0.1, 0.15) is 0 Å². The number of rotatable bonds is 10. The third-order valence-electron chi connectivity index (χ3n) is 7.39. The van der Waals surface area contributed by atoms with E-state index in [2.05, 4.69) is 17.1 Å². The zero-order valence-electron chi connectivity index (χ0n) is 23.2. The molecule has 1 N–H and O–H groups in total. The van der Waals surface area contributed by atoms with E-state index in [1.54, 1.807) is 24.3 Å². The predicted molar refractivity (Wildman–Crippen MR) is 171 cm³/mol. The summed E-state index contributed by atoms with van der Waals surface area (Å²) in [6.45, 7) is 3.59. The predicted octanol–water partition coefficient (Wildman–Crippen LogP) is 7.43. The van der Waals surface area contributed by atoms with Crippen LogP contribution in [0.4, 0.5) is 0 Å². The van der Waals surface area contributed by atoms with Crippen molar-refractivity contribution in [3.8, 4) is 0 Å². The zero-order chi connectivity index (χ0) is 29.7. The number of likely N-dealkylation sites (tertiary alicyclic amines) is 1. The molecule has 0 spiro atoms. The second-order valence-corrected chi connectivity index (χ2v) is 13.4. The molecule has 1 saturated heterocycles. The Bertz CT molecular complexity index is 1620. The van der Waals surface area contributed by atoms with Crippen LogP contribution in [0.25, 0.3) is 0 Å². The van der Waals surface area contributed by atoms with Gasteiger partial charge in [0.15, 0.2) is 9.84 Å². The van der Waals surface area contributed by atoms with Gasteiger partial charge < -0.3 is 5.32 Å². The maximum absolute atomic E-state index is 13.1. The van der Waals surface area contributed by atoms with Crippen molar-refractivity contribution in [2.24, 2.45) is 0 Å². The maximum atomic E-state index is 13.1. The van der Waals surface area contributed by atoms with Crippen LogP contribution in [-0.2, 0) is 15.6 Å². The third kappa shape index (κ3) is 7.69. The van der Waals surface area contributed by atoms with E-state index in [0.717, 1.165) is 22.3 Å². The van der Waals surface area contributed by atoms with Gasteiger partial charge >= 0.3 is 0 Å². The van der Waals surface area contributed by atoms with Crippen molar-refractivity contribution in [2.75, 3.05) is 19.6 Å². The topological polar surface area (TPSA) is 66.5 Å². The van der Waals surface area contributed by atoms with Gasteiger partial charge in [-0.2, -0.15) is 0 Å². The van der Waals surface area contributed by atoms with Crippen LogP contribution in [0.5, 0.6) is 0 Å². The molecule has 0 radical (unpaired) electrons. The molecular formula is C34H32Cl2N2O3S. The molecular weight excluding hydrogens is 587 g/mol. The number of benzene rings is 4. The lowest BCUT2D eigenvalue weighted by Crippen LogP contribution is -2.43. The average Bonchev–Trinajstić information content (AvgIpc) is 2.96. The fourth-order valence-corrected chi connectivity index (χ4v) is 6.85. The highest BCUT2D eigenvalue weighted by Gasteiger charge is 2.31. The quantitative estimate of drug-likeness (QED) is 0.201. The van der Waals surface area contributed by atoms with Gasteiger partial charge in [-0.25, -0.2) is 8.42 Å². The van der Waals surface area contributed by atoms with Gasteiger partial charge in [-0.15, -0.1) is 0 Å². The van der Waals surface area contributed by atoms with Crippen LogP contribution in [0, 0.1) is 0 Å². The minimum Gasteiger partial charge on any atom is -0.351 e. The first-order chi connectivity index (χ1) is 20.2. The summed E-state index contributed by atoms with van der Waals surface area (Å²) in [6.07, 6.45) is 0. The molecule has 5 rings (SSSR count). The molecule has 0 aromatic heterocycles. The first kappa shape index (κ1) is 30.1. The van der Waals surface area contributed by atoms with Gasteiger partial charge in [-0.05, 0) is 70.1 Å². The summed E-state index contributed by atoms with van der Waals surface area (Å²) in [7, 11) is -3.54. The summed E-state index contributed by atoms with van der Waals surface area (Å²) in [6, 6.07) is 32.2. The summed E-state index contributed by atoms with van der Waals surface area (Å²) in [5, 5.41) is 5.67. The van der Waals surface area contributed by atoms with Crippen molar-refractivity contribution >= 4 is 38.9 Å². The molecule has 1 fully saturated rings. The molecule has 4 aromatic rings. The van der Waals surface area contributed by atoms with E-state index >= 15 is 0 Å². The molecule has 0 bridgehead atoms. The molecule has 8 heteroatoms. The normalized spacial score (nSPS) is 14.3. The van der Waals surface area contributed by atoms with Crippen LogP contribution >= 0.6 is 23.2 Å². The minimum atomic E-state index is -3.54. The van der Waals surface area contributed by atoms with E-state index in [4.69, 9.17) is 23.2 Å². The van der Waals surface area contributed by atoms with Crippen LogP contribution in [0.1, 0.15) is 51.5 Å². The lowest BCUT2D eigenvalue weighted by atomic mass is 9.93. The number of amides is 1. The largest absolute Gasteiger partial charge is 0.351 e. The number of halogens is 2. The van der Waals surface area contributed by atoms with Gasteiger partial charge in [-0.1, -0.05) is 96.9 Å². The summed E-state index contributed by atoms with van der Waals surface area (Å²) >= 11 is 12.2. The number of sulfone groups is 1. The van der Waals surface area contributed by atoms with E-state index in [0.29, 0.717) is 40.8 Å². The lowest BCUT2D eigenvalue weighted by Gasteiger charge is -2.41. The molecule has 1 heterocycles. The molecule has 1 amide bonds. The van der Waals surface area contributed by atoms with Crippen LogP contribution in [-0.4, -0.2) is 38.9 Å². The number of hydrogen-bond donors (Lipinski definition) is 1. The highest BCUT2D eigenvalue weighted by Crippen LogP contribution is 2.35. The number of nitrogens with zero attached hydrogens (tertiary/aromatic N) is 1. The van der Waals surface area contributed by atoms with Crippen LogP contribution < -0.4 is 5.32 Å². The highest BCUT2D eigenvalue weighted by atomic mass is 35.5. The van der Waals surface area contributed by atoms with E-state index in [1.165, 1.54) is 5.41 Å². The van der Waals surface area contributed by atoms with E-state index in [1.807, 2.05) is 78.9 Å². The molecule has 4 aromatic carbocycles. The maximum Gasteiger partial charge on any atom is 0.251 e. The summed E-state index contributed by atoms with van der Waals surface area (Å²) < 4.78 is 26.2. The van der Waals surface area contributed by atoms with Crippen molar-refractivity contribution < 1.29 is 13.2 Å². The fourth-order valence-electron chi connectivity index (χ4n) is 5.21. The lowest BCUT2D eigenvalue weighted by molar-refractivity contribution is 0.0951. The highest BCUT2D eigenvalue weighted by molar-refractivity contribution is 7.93. The third-order valence-corrected chi connectivity index (χ3v) is 9.32. The Kier molecular flexibility index (Phi) is 9.49. The molecule has 0 saturated carbocycles. The Morgan fingerprint density at radius 1 is 0.833 bits per heavy atom. The monoisotopic (exact) mass is 618 g/mol. The summed E-state index contributed by atoms with van der Waals surface area (Å²) in [4.78, 5) is 15.0. The number of nitrogens with one attached hydrogen (secondary N) is 1. The van der Waals surface area contributed by atoms with E-state index in [-0.39, 0.29) is 23.6 Å². The fraction of sp³-hybridized carbons (Fsp3) is 0.206. The Labute approximate surface area is 257 Å². The zero-order valence-corrected chi connectivity index (χ0v) is 25.5. The van der Waals surface area contributed by atoms with E-state index in [9.17, 15) is 13.2 Å². The Hall–Kier alpha value is -3.42. The number of carbonyl (C=O) groups excluding carboxylic acids is 1. The van der Waals surface area contributed by atoms with Gasteiger partial charge in [0.25, 0.3) is 5.91 Å². The van der Waals surface area contributed by atoms with Crippen molar-refractivity contribution in [2.45, 2.75) is 24.6 Å². The molecule has 1 atom stereocenters. The van der Waals surface area contributed by atoms with Crippen molar-refractivity contribution in [1.82, 2.24) is 10.2 Å². The number of carbonyl (C=O) groups is 1. The van der Waals surface area contributed by atoms with Crippen LogP contribution in [0.3, 0.4) is 0 Å². The SMILES string of the molecule is CC(CNC(=O)c1cccc(CS(=O)(=O)C=C2CN(C(c3ccc(Cl)cc3)c3ccc(Cl)cc3)C2)c1)c1ccccc1. The number of hydrogen-bond acceptors (Lipinski definition) is 4. The Morgan fingerprint density at radius 3 is 2.02 bits per heavy atom. The first-order valence-corrected chi connectivity index (χ1v) is 16.2. The second-order valence-electron chi connectivity index (χ2n) is 10.7. The molecule has 42 heavy (non-hydrogen) atoms. The molecule has 5 nitrogen and oxygen atoms in total. The summed E-state index contributed by atoms with van der Waals surface area (Å²) in [5.74, 6) is -0.234. The minimum absolute atomic E-state index is 0.0563. The van der Waals surface area contributed by atoms with Crippen molar-refractivity contribution in [1.29, 1.82) is 0 Å². The molecule has 0 aliphatic carbocycles. The molecule has 1 aliphatic rings. The van der Waals surface area contributed by atoms with Crippen LogP contribution in [0.15, 0.2) is 114 Å². The Balaban J connectivity index is 1.23.